The molecule has 0 aromatic heterocycles. The molecule has 21 heavy (non-hydrogen) atoms. The quantitative estimate of drug-likeness (QED) is 0.878. The third-order valence-electron chi connectivity index (χ3n) is 4.94. The Balaban J connectivity index is 2.11. The Bertz CT molecular complexity index is 455. The summed E-state index contributed by atoms with van der Waals surface area (Å²) in [5.74, 6) is 0.884. The zero-order valence-corrected chi connectivity index (χ0v) is 14.4. The van der Waals surface area contributed by atoms with Gasteiger partial charge in [-0.15, -0.1) is 0 Å². The second-order valence-electron chi connectivity index (χ2n) is 6.94. The van der Waals surface area contributed by atoms with Crippen LogP contribution >= 0.6 is 0 Å². The molecule has 0 amide bonds. The maximum atomic E-state index is 3.70. The van der Waals surface area contributed by atoms with Gasteiger partial charge >= 0.3 is 0 Å². The fourth-order valence-corrected chi connectivity index (χ4v) is 3.70. The van der Waals surface area contributed by atoms with Crippen LogP contribution in [0.15, 0.2) is 18.2 Å². The summed E-state index contributed by atoms with van der Waals surface area (Å²) in [6, 6.07) is 8.03. The second kappa shape index (κ2) is 7.42. The highest BCUT2D eigenvalue weighted by atomic mass is 15.2. The monoisotopic (exact) mass is 288 g/mol. The van der Waals surface area contributed by atoms with Crippen LogP contribution < -0.4 is 5.32 Å². The van der Waals surface area contributed by atoms with E-state index in [4.69, 9.17) is 0 Å². The lowest BCUT2D eigenvalue weighted by atomic mass is 9.92. The van der Waals surface area contributed by atoms with Crippen LogP contribution in [-0.4, -0.2) is 30.6 Å². The average molecular weight is 288 g/mol. The minimum Gasteiger partial charge on any atom is -0.309 e. The maximum Gasteiger partial charge on any atom is 0.0451 e. The number of nitrogens with zero attached hydrogens (tertiary/aromatic N) is 1. The lowest BCUT2D eigenvalue weighted by molar-refractivity contribution is 0.117. The summed E-state index contributed by atoms with van der Waals surface area (Å²) >= 11 is 0. The minimum absolute atomic E-state index is 0.450. The molecule has 0 saturated carbocycles. The topological polar surface area (TPSA) is 15.3 Å². The van der Waals surface area contributed by atoms with Gasteiger partial charge in [-0.1, -0.05) is 37.6 Å². The summed E-state index contributed by atoms with van der Waals surface area (Å²) in [5.41, 5.74) is 4.24. The van der Waals surface area contributed by atoms with Crippen LogP contribution in [-0.2, 0) is 0 Å². The van der Waals surface area contributed by atoms with Gasteiger partial charge in [-0.25, -0.2) is 0 Å². The van der Waals surface area contributed by atoms with Gasteiger partial charge in [0.2, 0.25) is 0 Å². The van der Waals surface area contributed by atoms with Crippen molar-refractivity contribution in [2.75, 3.05) is 19.6 Å². The third-order valence-corrected chi connectivity index (χ3v) is 4.94. The van der Waals surface area contributed by atoms with Gasteiger partial charge in [-0.05, 0) is 63.7 Å². The molecule has 1 fully saturated rings. The van der Waals surface area contributed by atoms with Crippen LogP contribution in [0.3, 0.4) is 0 Å². The number of likely N-dealkylation sites (tertiary alicyclic amines) is 1. The summed E-state index contributed by atoms with van der Waals surface area (Å²) in [7, 11) is 0. The van der Waals surface area contributed by atoms with Crippen LogP contribution in [0.5, 0.6) is 0 Å². The molecular weight excluding hydrogens is 256 g/mol. The van der Waals surface area contributed by atoms with E-state index in [1.165, 1.54) is 36.1 Å². The van der Waals surface area contributed by atoms with Gasteiger partial charge in [0, 0.05) is 18.6 Å². The molecule has 3 unspecified atom stereocenters. The Labute approximate surface area is 130 Å². The van der Waals surface area contributed by atoms with E-state index in [-0.39, 0.29) is 0 Å². The summed E-state index contributed by atoms with van der Waals surface area (Å²) in [6.07, 6.45) is 2.68. The number of hydrogen-bond donors (Lipinski definition) is 1. The summed E-state index contributed by atoms with van der Waals surface area (Å²) in [4.78, 5) is 2.67. The molecule has 1 aliphatic heterocycles. The Hall–Kier alpha value is -0.860. The van der Waals surface area contributed by atoms with Gasteiger partial charge in [0.05, 0.1) is 0 Å². The van der Waals surface area contributed by atoms with Gasteiger partial charge < -0.3 is 5.32 Å². The number of likely N-dealkylation sites (N-methyl/N-ethyl adjacent to an activating group) is 1. The molecule has 1 N–H and O–H groups in total. The molecule has 1 heterocycles. The molecule has 2 rings (SSSR count). The van der Waals surface area contributed by atoms with Gasteiger partial charge in [0.15, 0.2) is 0 Å². The lowest BCUT2D eigenvalue weighted by Gasteiger charge is -2.39. The van der Waals surface area contributed by atoms with E-state index in [9.17, 15) is 0 Å². The van der Waals surface area contributed by atoms with E-state index in [0.717, 1.165) is 19.0 Å². The van der Waals surface area contributed by atoms with E-state index in [1.54, 1.807) is 0 Å². The molecule has 118 valence electrons. The van der Waals surface area contributed by atoms with Crippen molar-refractivity contribution >= 4 is 0 Å². The standard InChI is InChI=1S/C19H32N2/c1-6-20-19(18-8-7-14(2)11-16(18)4)13-21-10-9-15(3)12-17(21)5/h7-8,11,15,17,19-20H,6,9-10,12-13H2,1-5H3. The SMILES string of the molecule is CCNC(CN1CCC(C)CC1C)c1ccc(C)cc1C. The van der Waals surface area contributed by atoms with Crippen LogP contribution in [0.2, 0.25) is 0 Å². The van der Waals surface area contributed by atoms with Gasteiger partial charge in [0.25, 0.3) is 0 Å². The Morgan fingerprint density at radius 3 is 2.67 bits per heavy atom. The highest BCUT2D eigenvalue weighted by Gasteiger charge is 2.25. The van der Waals surface area contributed by atoms with Crippen molar-refractivity contribution in [3.8, 4) is 0 Å². The molecule has 1 aromatic rings. The summed E-state index contributed by atoms with van der Waals surface area (Å²) < 4.78 is 0. The highest BCUT2D eigenvalue weighted by Crippen LogP contribution is 2.26. The number of rotatable bonds is 5. The number of aryl methyl sites for hydroxylation is 2. The molecule has 1 aromatic carbocycles. The molecule has 2 heteroatoms. The molecule has 1 saturated heterocycles. The maximum absolute atomic E-state index is 3.70. The van der Waals surface area contributed by atoms with Crippen LogP contribution in [0, 0.1) is 19.8 Å². The van der Waals surface area contributed by atoms with Crippen molar-refractivity contribution in [2.45, 2.75) is 59.5 Å². The number of benzene rings is 1. The highest BCUT2D eigenvalue weighted by molar-refractivity contribution is 5.33. The zero-order valence-electron chi connectivity index (χ0n) is 14.4. The Morgan fingerprint density at radius 1 is 1.29 bits per heavy atom. The van der Waals surface area contributed by atoms with E-state index >= 15 is 0 Å². The number of hydrogen-bond acceptors (Lipinski definition) is 2. The molecule has 1 aliphatic rings. The van der Waals surface area contributed by atoms with E-state index < -0.39 is 0 Å². The molecule has 2 nitrogen and oxygen atoms in total. The normalized spacial score (nSPS) is 25.0. The zero-order chi connectivity index (χ0) is 15.4. The number of nitrogens with one attached hydrogen (secondary N) is 1. The van der Waals surface area contributed by atoms with Crippen molar-refractivity contribution in [3.63, 3.8) is 0 Å². The largest absolute Gasteiger partial charge is 0.309 e. The van der Waals surface area contributed by atoms with Gasteiger partial charge in [-0.2, -0.15) is 0 Å². The molecule has 0 bridgehead atoms. The third kappa shape index (κ3) is 4.31. The molecular formula is C19H32N2. The first kappa shape index (κ1) is 16.5. The smallest absolute Gasteiger partial charge is 0.0451 e. The van der Waals surface area contributed by atoms with E-state index in [0.29, 0.717) is 12.1 Å². The van der Waals surface area contributed by atoms with Crippen molar-refractivity contribution in [3.05, 3.63) is 34.9 Å². The van der Waals surface area contributed by atoms with Crippen LogP contribution in [0.1, 0.15) is 56.3 Å². The predicted octanol–water partition coefficient (Wildman–Crippen LogP) is 4.07. The van der Waals surface area contributed by atoms with Gasteiger partial charge in [0.1, 0.15) is 0 Å². The fourth-order valence-electron chi connectivity index (χ4n) is 3.70. The van der Waals surface area contributed by atoms with E-state index in [2.05, 4.69) is 63.0 Å². The molecule has 0 radical (unpaired) electrons. The second-order valence-corrected chi connectivity index (χ2v) is 6.94. The lowest BCUT2D eigenvalue weighted by Crippen LogP contribution is -2.44. The first-order chi connectivity index (χ1) is 10.0. The summed E-state index contributed by atoms with van der Waals surface area (Å²) in [6.45, 7) is 14.8. The Morgan fingerprint density at radius 2 is 2.05 bits per heavy atom. The first-order valence-corrected chi connectivity index (χ1v) is 8.55. The summed E-state index contributed by atoms with van der Waals surface area (Å²) in [5, 5.41) is 3.70. The molecule has 3 atom stereocenters. The number of piperidine rings is 1. The van der Waals surface area contributed by atoms with Crippen molar-refractivity contribution in [2.24, 2.45) is 5.92 Å². The van der Waals surface area contributed by atoms with Crippen LogP contribution in [0.4, 0.5) is 0 Å². The van der Waals surface area contributed by atoms with Gasteiger partial charge in [-0.3, -0.25) is 4.90 Å². The Kier molecular flexibility index (Phi) is 5.83. The van der Waals surface area contributed by atoms with Crippen molar-refractivity contribution in [1.29, 1.82) is 0 Å². The average Bonchev–Trinajstić information content (AvgIpc) is 2.41. The predicted molar refractivity (Wildman–Crippen MR) is 91.8 cm³/mol. The van der Waals surface area contributed by atoms with Crippen molar-refractivity contribution in [1.82, 2.24) is 10.2 Å². The molecule has 0 aliphatic carbocycles. The first-order valence-electron chi connectivity index (χ1n) is 8.55. The molecule has 0 spiro atoms. The van der Waals surface area contributed by atoms with Crippen molar-refractivity contribution < 1.29 is 0 Å². The van der Waals surface area contributed by atoms with E-state index in [1.807, 2.05) is 0 Å². The minimum atomic E-state index is 0.450. The fraction of sp³-hybridized carbons (Fsp3) is 0.684. The van der Waals surface area contributed by atoms with Crippen LogP contribution in [0.25, 0.3) is 0 Å².